The number of carbonyl (C=O) groups excluding carboxylic acids is 2. The number of hydrogen-bond acceptors (Lipinski definition) is 3. The molecule has 1 aliphatic carbocycles. The summed E-state index contributed by atoms with van der Waals surface area (Å²) in [5.74, 6) is -0.0705. The second kappa shape index (κ2) is 8.52. The Morgan fingerprint density at radius 2 is 1.85 bits per heavy atom. The van der Waals surface area contributed by atoms with Crippen molar-refractivity contribution in [3.8, 4) is 0 Å². The van der Waals surface area contributed by atoms with Gasteiger partial charge < -0.3 is 15.1 Å². The van der Waals surface area contributed by atoms with Crippen molar-refractivity contribution in [2.24, 2.45) is 0 Å². The van der Waals surface area contributed by atoms with Crippen molar-refractivity contribution in [2.45, 2.75) is 45.1 Å². The fraction of sp³-hybridized carbons (Fsp3) is 0.333. The summed E-state index contributed by atoms with van der Waals surface area (Å²) in [6, 6.07) is 10.9. The Balaban J connectivity index is 1.78. The summed E-state index contributed by atoms with van der Waals surface area (Å²) in [4.78, 5) is 25.4. The number of amides is 2. The van der Waals surface area contributed by atoms with Crippen LogP contribution in [0.25, 0.3) is 6.08 Å². The molecular formula is C21H24N2O3. The first kappa shape index (κ1) is 18.0. The molecule has 0 unspecified atom stereocenters. The highest BCUT2D eigenvalue weighted by atomic mass is 16.3. The maximum absolute atomic E-state index is 12.8. The Labute approximate surface area is 153 Å². The molecule has 0 atom stereocenters. The zero-order valence-corrected chi connectivity index (χ0v) is 15.0. The van der Waals surface area contributed by atoms with Crippen LogP contribution in [0.15, 0.2) is 52.8 Å². The standard InChI is InChI=1S/C21H24N2O3/c1-15-8-5-6-12-18(15)20(24)23-19(14-17-11-7-13-26-17)21(25)22-16-9-3-2-4-10-16/h5-8,11-14,16H,2-4,9-10H2,1H3,(H,22,25)(H,23,24)/b19-14-. The van der Waals surface area contributed by atoms with Gasteiger partial charge in [-0.1, -0.05) is 37.5 Å². The van der Waals surface area contributed by atoms with Gasteiger partial charge in [-0.25, -0.2) is 0 Å². The first-order valence-electron chi connectivity index (χ1n) is 9.06. The largest absolute Gasteiger partial charge is 0.465 e. The van der Waals surface area contributed by atoms with Gasteiger partial charge in [0.2, 0.25) is 0 Å². The highest BCUT2D eigenvalue weighted by Gasteiger charge is 2.20. The van der Waals surface area contributed by atoms with Gasteiger partial charge in [-0.05, 0) is 43.5 Å². The fourth-order valence-electron chi connectivity index (χ4n) is 3.20. The molecule has 2 aromatic rings. The van der Waals surface area contributed by atoms with E-state index < -0.39 is 0 Å². The predicted molar refractivity (Wildman–Crippen MR) is 100 cm³/mol. The molecule has 136 valence electrons. The molecule has 1 fully saturated rings. The van der Waals surface area contributed by atoms with E-state index in [-0.39, 0.29) is 23.6 Å². The SMILES string of the molecule is Cc1ccccc1C(=O)N/C(=C\c1ccco1)C(=O)NC1CCCCC1. The van der Waals surface area contributed by atoms with Gasteiger partial charge in [0.15, 0.2) is 0 Å². The summed E-state index contributed by atoms with van der Waals surface area (Å²) in [5.41, 5.74) is 1.59. The second-order valence-electron chi connectivity index (χ2n) is 6.65. The van der Waals surface area contributed by atoms with Gasteiger partial charge in [0.05, 0.1) is 6.26 Å². The Hall–Kier alpha value is -2.82. The fourth-order valence-corrected chi connectivity index (χ4v) is 3.20. The lowest BCUT2D eigenvalue weighted by atomic mass is 9.95. The molecule has 0 saturated heterocycles. The molecule has 1 aromatic carbocycles. The molecule has 5 heteroatoms. The lowest BCUT2D eigenvalue weighted by Gasteiger charge is -2.23. The second-order valence-corrected chi connectivity index (χ2v) is 6.65. The number of rotatable bonds is 5. The topological polar surface area (TPSA) is 71.3 Å². The molecule has 0 radical (unpaired) electrons. The van der Waals surface area contributed by atoms with Crippen LogP contribution in [-0.4, -0.2) is 17.9 Å². The first-order chi connectivity index (χ1) is 12.6. The average molecular weight is 352 g/mol. The van der Waals surface area contributed by atoms with E-state index >= 15 is 0 Å². The molecule has 1 aromatic heterocycles. The van der Waals surface area contributed by atoms with Crippen LogP contribution in [0.1, 0.15) is 53.8 Å². The van der Waals surface area contributed by atoms with E-state index in [9.17, 15) is 9.59 Å². The van der Waals surface area contributed by atoms with Crippen LogP contribution in [0.2, 0.25) is 0 Å². The van der Waals surface area contributed by atoms with Crippen LogP contribution in [0.5, 0.6) is 0 Å². The highest BCUT2D eigenvalue weighted by Crippen LogP contribution is 2.18. The van der Waals surface area contributed by atoms with Crippen LogP contribution in [-0.2, 0) is 4.79 Å². The van der Waals surface area contributed by atoms with Gasteiger partial charge in [-0.15, -0.1) is 0 Å². The van der Waals surface area contributed by atoms with Crippen LogP contribution in [0.4, 0.5) is 0 Å². The number of carbonyl (C=O) groups is 2. The van der Waals surface area contributed by atoms with Gasteiger partial charge in [-0.3, -0.25) is 9.59 Å². The Bertz CT molecular complexity index is 787. The summed E-state index contributed by atoms with van der Waals surface area (Å²) >= 11 is 0. The van der Waals surface area contributed by atoms with E-state index in [2.05, 4.69) is 10.6 Å². The molecule has 0 spiro atoms. The minimum Gasteiger partial charge on any atom is -0.465 e. The quantitative estimate of drug-likeness (QED) is 0.804. The van der Waals surface area contributed by atoms with Crippen LogP contribution in [0, 0.1) is 6.92 Å². The van der Waals surface area contributed by atoms with Crippen LogP contribution < -0.4 is 10.6 Å². The molecule has 5 nitrogen and oxygen atoms in total. The predicted octanol–water partition coefficient (Wildman–Crippen LogP) is 3.81. The zero-order valence-electron chi connectivity index (χ0n) is 15.0. The molecule has 1 aliphatic rings. The monoisotopic (exact) mass is 352 g/mol. The van der Waals surface area contributed by atoms with E-state index in [1.54, 1.807) is 30.3 Å². The van der Waals surface area contributed by atoms with Gasteiger partial charge in [-0.2, -0.15) is 0 Å². The Kier molecular flexibility index (Phi) is 5.89. The van der Waals surface area contributed by atoms with Crippen molar-refractivity contribution in [1.29, 1.82) is 0 Å². The van der Waals surface area contributed by atoms with E-state index in [1.807, 2.05) is 19.1 Å². The molecule has 1 saturated carbocycles. The molecule has 2 N–H and O–H groups in total. The maximum atomic E-state index is 12.8. The average Bonchev–Trinajstić information content (AvgIpc) is 3.15. The van der Waals surface area contributed by atoms with Gasteiger partial charge in [0.1, 0.15) is 11.5 Å². The summed E-state index contributed by atoms with van der Waals surface area (Å²) in [6.07, 6.45) is 8.51. The van der Waals surface area contributed by atoms with Crippen molar-refractivity contribution in [1.82, 2.24) is 10.6 Å². The highest BCUT2D eigenvalue weighted by molar-refractivity contribution is 6.05. The number of nitrogens with one attached hydrogen (secondary N) is 2. The third-order valence-electron chi connectivity index (χ3n) is 4.65. The molecular weight excluding hydrogens is 328 g/mol. The molecule has 3 rings (SSSR count). The maximum Gasteiger partial charge on any atom is 0.268 e. The first-order valence-corrected chi connectivity index (χ1v) is 9.06. The van der Waals surface area contributed by atoms with Crippen molar-refractivity contribution < 1.29 is 14.0 Å². The molecule has 1 heterocycles. The zero-order chi connectivity index (χ0) is 18.4. The van der Waals surface area contributed by atoms with Crippen molar-refractivity contribution in [2.75, 3.05) is 0 Å². The van der Waals surface area contributed by atoms with Crippen molar-refractivity contribution in [3.63, 3.8) is 0 Å². The Morgan fingerprint density at radius 3 is 2.54 bits per heavy atom. The number of hydrogen-bond donors (Lipinski definition) is 2. The lowest BCUT2D eigenvalue weighted by molar-refractivity contribution is -0.118. The smallest absolute Gasteiger partial charge is 0.268 e. The lowest BCUT2D eigenvalue weighted by Crippen LogP contribution is -2.41. The van der Waals surface area contributed by atoms with Gasteiger partial charge in [0.25, 0.3) is 11.8 Å². The van der Waals surface area contributed by atoms with Crippen LogP contribution in [0.3, 0.4) is 0 Å². The summed E-state index contributed by atoms with van der Waals surface area (Å²) in [6.45, 7) is 1.87. The molecule has 0 bridgehead atoms. The Morgan fingerprint density at radius 1 is 1.08 bits per heavy atom. The normalized spacial score (nSPS) is 15.5. The van der Waals surface area contributed by atoms with E-state index in [4.69, 9.17) is 4.42 Å². The molecule has 0 aliphatic heterocycles. The number of aryl methyl sites for hydroxylation is 1. The number of benzene rings is 1. The van der Waals surface area contributed by atoms with E-state index in [0.29, 0.717) is 11.3 Å². The van der Waals surface area contributed by atoms with Crippen molar-refractivity contribution in [3.05, 3.63) is 65.2 Å². The molecule has 2 amide bonds. The molecule has 26 heavy (non-hydrogen) atoms. The van der Waals surface area contributed by atoms with Crippen LogP contribution >= 0.6 is 0 Å². The summed E-state index contributed by atoms with van der Waals surface area (Å²) in [5, 5.41) is 5.79. The summed E-state index contributed by atoms with van der Waals surface area (Å²) in [7, 11) is 0. The van der Waals surface area contributed by atoms with Gasteiger partial charge >= 0.3 is 0 Å². The van der Waals surface area contributed by atoms with E-state index in [0.717, 1.165) is 31.2 Å². The third kappa shape index (κ3) is 4.63. The van der Waals surface area contributed by atoms with Gasteiger partial charge in [0, 0.05) is 17.7 Å². The third-order valence-corrected chi connectivity index (χ3v) is 4.65. The summed E-state index contributed by atoms with van der Waals surface area (Å²) < 4.78 is 5.31. The van der Waals surface area contributed by atoms with Crippen molar-refractivity contribution >= 4 is 17.9 Å². The minimum absolute atomic E-state index is 0.159. The number of furan rings is 1. The van der Waals surface area contributed by atoms with E-state index in [1.165, 1.54) is 12.7 Å². The minimum atomic E-state index is -0.306.